The fourth-order valence-electron chi connectivity index (χ4n) is 2.55. The molecular weight excluding hydrogens is 494 g/mol. The van der Waals surface area contributed by atoms with E-state index in [9.17, 15) is 9.59 Å². The van der Waals surface area contributed by atoms with Crippen LogP contribution in [0.5, 0.6) is 0 Å². The van der Waals surface area contributed by atoms with Crippen LogP contribution in [0, 0.1) is 5.41 Å². The predicted molar refractivity (Wildman–Crippen MR) is 141 cm³/mol. The standard InChI is InChI=1S/C21H31N7O3S3/c1-28(2)11-16-3-4-17(31-16)14-33-10-8-25-19(30)6-5-18(29)24-7-9-32-12-15-13-34-21(26-15)27-20(22)23/h3-6,13H,7-12,14H2,1-2H3,(H,24,29)(H,25,30)(H4,22,23,26,27)/b6-5+. The highest BCUT2D eigenvalue weighted by Crippen LogP contribution is 2.19. The van der Waals surface area contributed by atoms with Gasteiger partial charge in [-0.05, 0) is 26.2 Å². The maximum Gasteiger partial charge on any atom is 0.244 e. The van der Waals surface area contributed by atoms with Crippen LogP contribution in [-0.4, -0.2) is 66.3 Å². The van der Waals surface area contributed by atoms with E-state index in [1.165, 1.54) is 23.5 Å². The number of nitrogens with zero attached hydrogens (tertiary/aromatic N) is 2. The van der Waals surface area contributed by atoms with Gasteiger partial charge < -0.3 is 31.0 Å². The molecule has 0 atom stereocenters. The number of anilines is 1. The van der Waals surface area contributed by atoms with Gasteiger partial charge in [0.05, 0.1) is 18.0 Å². The molecule has 0 spiro atoms. The van der Waals surface area contributed by atoms with Crippen LogP contribution in [0.3, 0.4) is 0 Å². The van der Waals surface area contributed by atoms with Crippen LogP contribution >= 0.6 is 34.9 Å². The molecule has 0 aliphatic heterocycles. The van der Waals surface area contributed by atoms with Crippen molar-refractivity contribution in [2.24, 2.45) is 5.73 Å². The monoisotopic (exact) mass is 525 g/mol. The van der Waals surface area contributed by atoms with Crippen LogP contribution in [0.4, 0.5) is 5.13 Å². The molecule has 0 unspecified atom stereocenters. The molecule has 0 bridgehead atoms. The lowest BCUT2D eigenvalue weighted by molar-refractivity contribution is -0.118. The second-order valence-electron chi connectivity index (χ2n) is 7.31. The smallest absolute Gasteiger partial charge is 0.244 e. The Balaban J connectivity index is 1.49. The SMILES string of the molecule is CN(C)Cc1ccc(CSCCNC(=O)/C=C/C(=O)NCCSCc2csc(NC(=N)N)n2)o1. The van der Waals surface area contributed by atoms with Gasteiger partial charge in [0.15, 0.2) is 11.1 Å². The number of rotatable bonds is 15. The van der Waals surface area contributed by atoms with E-state index in [4.69, 9.17) is 15.6 Å². The van der Waals surface area contributed by atoms with Crippen LogP contribution < -0.4 is 21.7 Å². The molecular formula is C21H31N7O3S3. The summed E-state index contributed by atoms with van der Waals surface area (Å²) in [6.45, 7) is 1.77. The van der Waals surface area contributed by atoms with Crippen molar-refractivity contribution in [3.63, 3.8) is 0 Å². The van der Waals surface area contributed by atoms with E-state index in [2.05, 4.69) is 20.9 Å². The summed E-state index contributed by atoms with van der Waals surface area (Å²) in [4.78, 5) is 30.0. The molecule has 2 aromatic heterocycles. The van der Waals surface area contributed by atoms with Crippen LogP contribution in [0.25, 0.3) is 0 Å². The van der Waals surface area contributed by atoms with Crippen LogP contribution in [0.15, 0.2) is 34.1 Å². The van der Waals surface area contributed by atoms with E-state index in [0.29, 0.717) is 29.7 Å². The topological polar surface area (TPSA) is 149 Å². The lowest BCUT2D eigenvalue weighted by Crippen LogP contribution is -2.26. The summed E-state index contributed by atoms with van der Waals surface area (Å²) in [6, 6.07) is 3.96. The van der Waals surface area contributed by atoms with Gasteiger partial charge in [0, 0.05) is 47.9 Å². The van der Waals surface area contributed by atoms with Crippen molar-refractivity contribution in [2.75, 3.05) is 44.0 Å². The average Bonchev–Trinajstić information content (AvgIpc) is 3.40. The average molecular weight is 526 g/mol. The summed E-state index contributed by atoms with van der Waals surface area (Å²) < 4.78 is 5.75. The van der Waals surface area contributed by atoms with Crippen molar-refractivity contribution in [3.8, 4) is 0 Å². The summed E-state index contributed by atoms with van der Waals surface area (Å²) in [5, 5.41) is 17.8. The molecule has 2 rings (SSSR count). The fraction of sp³-hybridized carbons (Fsp3) is 0.429. The third-order valence-corrected chi connectivity index (χ3v) is 6.73. The number of amides is 2. The highest BCUT2D eigenvalue weighted by molar-refractivity contribution is 7.98. The molecule has 10 nitrogen and oxygen atoms in total. The van der Waals surface area contributed by atoms with Crippen molar-refractivity contribution in [3.05, 3.63) is 46.9 Å². The predicted octanol–water partition coefficient (Wildman–Crippen LogP) is 2.06. The zero-order valence-corrected chi connectivity index (χ0v) is 21.7. The van der Waals surface area contributed by atoms with Crippen LogP contribution in [0.2, 0.25) is 0 Å². The number of nitrogens with two attached hydrogens (primary N) is 1. The molecule has 0 saturated carbocycles. The summed E-state index contributed by atoms with van der Waals surface area (Å²) in [6.07, 6.45) is 2.48. The lowest BCUT2D eigenvalue weighted by atomic mass is 10.4. The Hall–Kier alpha value is -2.48. The largest absolute Gasteiger partial charge is 0.464 e. The van der Waals surface area contributed by atoms with E-state index >= 15 is 0 Å². The molecule has 0 saturated heterocycles. The Morgan fingerprint density at radius 1 is 1.12 bits per heavy atom. The van der Waals surface area contributed by atoms with Crippen LogP contribution in [0.1, 0.15) is 17.2 Å². The lowest BCUT2D eigenvalue weighted by Gasteiger charge is -2.05. The van der Waals surface area contributed by atoms with Gasteiger partial charge in [0.2, 0.25) is 11.8 Å². The molecule has 0 aromatic carbocycles. The quantitative estimate of drug-likeness (QED) is 0.102. The molecule has 34 heavy (non-hydrogen) atoms. The highest BCUT2D eigenvalue weighted by atomic mass is 32.2. The molecule has 0 radical (unpaired) electrons. The fourth-order valence-corrected chi connectivity index (χ4v) is 4.88. The first-order valence-corrected chi connectivity index (χ1v) is 13.7. The first-order chi connectivity index (χ1) is 16.3. The molecule has 0 aliphatic rings. The molecule has 0 aliphatic carbocycles. The minimum atomic E-state index is -0.307. The maximum absolute atomic E-state index is 11.8. The summed E-state index contributed by atoms with van der Waals surface area (Å²) in [5.74, 6) is 4.01. The summed E-state index contributed by atoms with van der Waals surface area (Å²) in [7, 11) is 3.99. The minimum Gasteiger partial charge on any atom is -0.464 e. The molecule has 2 aromatic rings. The van der Waals surface area contributed by atoms with Gasteiger partial charge in [-0.15, -0.1) is 11.3 Å². The second kappa shape index (κ2) is 15.4. The first-order valence-electron chi connectivity index (χ1n) is 10.5. The Kier molecular flexibility index (Phi) is 12.6. The van der Waals surface area contributed by atoms with E-state index in [1.807, 2.05) is 36.5 Å². The third kappa shape index (κ3) is 12.1. The van der Waals surface area contributed by atoms with Gasteiger partial charge in [-0.1, -0.05) is 0 Å². The van der Waals surface area contributed by atoms with Gasteiger partial charge >= 0.3 is 0 Å². The molecule has 0 fully saturated rings. The van der Waals surface area contributed by atoms with Gasteiger partial charge in [0.1, 0.15) is 11.5 Å². The number of hydrogen-bond acceptors (Lipinski definition) is 9. The summed E-state index contributed by atoms with van der Waals surface area (Å²) in [5.41, 5.74) is 6.16. The number of carbonyl (C=O) groups excluding carboxylic acids is 2. The van der Waals surface area contributed by atoms with Crippen LogP contribution in [-0.2, 0) is 27.6 Å². The first kappa shape index (κ1) is 27.8. The second-order valence-corrected chi connectivity index (χ2v) is 10.4. The molecule has 13 heteroatoms. The van der Waals surface area contributed by atoms with Gasteiger partial charge in [-0.25, -0.2) is 4.98 Å². The molecule has 6 N–H and O–H groups in total. The normalized spacial score (nSPS) is 11.1. The third-order valence-electron chi connectivity index (χ3n) is 3.95. The number of carbonyl (C=O) groups is 2. The van der Waals surface area contributed by atoms with E-state index < -0.39 is 0 Å². The molecule has 2 amide bonds. The number of nitrogens with one attached hydrogen (secondary N) is 4. The number of thiazole rings is 1. The Morgan fingerprint density at radius 3 is 2.35 bits per heavy atom. The van der Waals surface area contributed by atoms with Gasteiger partial charge in [0.25, 0.3) is 0 Å². The van der Waals surface area contributed by atoms with E-state index in [-0.39, 0.29) is 17.8 Å². The molecule has 186 valence electrons. The number of aromatic nitrogens is 1. The Bertz CT molecular complexity index is 959. The maximum atomic E-state index is 11.8. The van der Waals surface area contributed by atoms with Crippen molar-refractivity contribution in [2.45, 2.75) is 18.1 Å². The number of guanidine groups is 1. The zero-order chi connectivity index (χ0) is 24.8. The van der Waals surface area contributed by atoms with Crippen molar-refractivity contribution in [1.29, 1.82) is 5.41 Å². The zero-order valence-electron chi connectivity index (χ0n) is 19.3. The summed E-state index contributed by atoms with van der Waals surface area (Å²) >= 11 is 4.68. The van der Waals surface area contributed by atoms with Gasteiger partial charge in [-0.2, -0.15) is 23.5 Å². The number of hydrogen-bond donors (Lipinski definition) is 5. The van der Waals surface area contributed by atoms with Crippen molar-refractivity contribution >= 4 is 57.8 Å². The van der Waals surface area contributed by atoms with Gasteiger partial charge in [-0.3, -0.25) is 15.0 Å². The number of thioether (sulfide) groups is 2. The Labute approximate surface area is 212 Å². The van der Waals surface area contributed by atoms with Crippen molar-refractivity contribution < 1.29 is 14.0 Å². The van der Waals surface area contributed by atoms with Crippen molar-refractivity contribution in [1.82, 2.24) is 20.5 Å². The minimum absolute atomic E-state index is 0.142. The highest BCUT2D eigenvalue weighted by Gasteiger charge is 2.05. The number of furan rings is 1. The molecule has 2 heterocycles. The van der Waals surface area contributed by atoms with E-state index in [1.54, 1.807) is 23.5 Å². The Morgan fingerprint density at radius 2 is 1.74 bits per heavy atom. The van der Waals surface area contributed by atoms with E-state index in [0.717, 1.165) is 35.3 Å².